The fourth-order valence-corrected chi connectivity index (χ4v) is 2.30. The molecule has 0 saturated carbocycles. The van der Waals surface area contributed by atoms with Gasteiger partial charge in [0.15, 0.2) is 0 Å². The minimum atomic E-state index is -4.46. The van der Waals surface area contributed by atoms with Crippen LogP contribution in [0.15, 0.2) is 41.2 Å². The Morgan fingerprint density at radius 3 is 2.42 bits per heavy atom. The third kappa shape index (κ3) is 4.01. The third-order valence-electron chi connectivity index (χ3n) is 3.78. The van der Waals surface area contributed by atoms with Crippen molar-refractivity contribution in [3.05, 3.63) is 63.6 Å². The number of carbonyl (C=O) groups is 1. The Bertz CT molecular complexity index is 766. The van der Waals surface area contributed by atoms with E-state index in [2.05, 4.69) is 15.5 Å². The summed E-state index contributed by atoms with van der Waals surface area (Å²) in [6.07, 6.45) is -4.46. The average Bonchev–Trinajstić information content (AvgIpc) is 2.53. The van der Waals surface area contributed by atoms with Crippen molar-refractivity contribution >= 4 is 5.91 Å². The summed E-state index contributed by atoms with van der Waals surface area (Å²) in [7, 11) is 0. The molecule has 0 unspecified atom stereocenters. The molecule has 0 aliphatic heterocycles. The predicted molar refractivity (Wildman–Crippen MR) is 81.6 cm³/mol. The lowest BCUT2D eigenvalue weighted by atomic mass is 9.90. The molecule has 24 heavy (non-hydrogen) atoms. The molecule has 1 aromatic carbocycles. The van der Waals surface area contributed by atoms with Gasteiger partial charge < -0.3 is 5.32 Å². The number of aromatic amines is 1. The van der Waals surface area contributed by atoms with Crippen LogP contribution in [0.4, 0.5) is 13.2 Å². The van der Waals surface area contributed by atoms with Crippen molar-refractivity contribution in [2.24, 2.45) is 0 Å². The molecule has 0 aliphatic rings. The Morgan fingerprint density at radius 1 is 1.17 bits per heavy atom. The molecule has 2 N–H and O–H groups in total. The van der Waals surface area contributed by atoms with Crippen LogP contribution in [-0.2, 0) is 6.18 Å². The number of rotatable bonds is 4. The van der Waals surface area contributed by atoms with Gasteiger partial charge in [-0.05, 0) is 24.6 Å². The van der Waals surface area contributed by atoms with Crippen LogP contribution in [-0.4, -0.2) is 22.1 Å². The molecule has 0 radical (unpaired) electrons. The molecule has 8 heteroatoms. The van der Waals surface area contributed by atoms with Crippen LogP contribution >= 0.6 is 0 Å². The number of aromatic nitrogens is 2. The van der Waals surface area contributed by atoms with Gasteiger partial charge in [0.1, 0.15) is 5.69 Å². The molecule has 0 bridgehead atoms. The number of H-pyrrole nitrogens is 1. The van der Waals surface area contributed by atoms with Gasteiger partial charge in [0.05, 0.1) is 5.56 Å². The van der Waals surface area contributed by atoms with Crippen LogP contribution in [0.1, 0.15) is 41.4 Å². The number of alkyl halides is 3. The molecule has 2 atom stereocenters. The summed E-state index contributed by atoms with van der Waals surface area (Å²) in [5.41, 5.74) is -1.09. The second-order valence-corrected chi connectivity index (χ2v) is 5.44. The minimum absolute atomic E-state index is 0.0160. The van der Waals surface area contributed by atoms with E-state index in [9.17, 15) is 22.8 Å². The lowest BCUT2D eigenvalue weighted by molar-refractivity contribution is -0.138. The summed E-state index contributed by atoms with van der Waals surface area (Å²) in [6.45, 7) is 3.22. The first-order chi connectivity index (χ1) is 11.2. The first-order valence-electron chi connectivity index (χ1n) is 7.23. The Kier molecular flexibility index (Phi) is 5.06. The molecule has 0 fully saturated rings. The largest absolute Gasteiger partial charge is 0.416 e. The number of hydrogen-bond donors (Lipinski definition) is 2. The highest BCUT2D eigenvalue weighted by atomic mass is 19.4. The smallest absolute Gasteiger partial charge is 0.348 e. The van der Waals surface area contributed by atoms with Crippen molar-refractivity contribution in [1.29, 1.82) is 0 Å². The maximum atomic E-state index is 13.1. The molecule has 0 aliphatic carbocycles. The van der Waals surface area contributed by atoms with Gasteiger partial charge in [0.2, 0.25) is 0 Å². The molecule has 1 heterocycles. The molecule has 0 saturated heterocycles. The molecule has 128 valence electrons. The van der Waals surface area contributed by atoms with Gasteiger partial charge in [-0.25, -0.2) is 5.10 Å². The standard InChI is InChI=1S/C16H16F3N3O2/c1-9(11-5-3-4-6-12(11)16(17,18)19)10(2)20-15(24)13-7-8-14(23)22-21-13/h3-10H,1-2H3,(H,20,24)(H,22,23)/t9-,10+/m0/s1. The van der Waals surface area contributed by atoms with Crippen molar-refractivity contribution in [3.8, 4) is 0 Å². The van der Waals surface area contributed by atoms with E-state index in [4.69, 9.17) is 0 Å². The molecular formula is C16H16F3N3O2. The van der Waals surface area contributed by atoms with E-state index in [1.807, 2.05) is 0 Å². The zero-order valence-electron chi connectivity index (χ0n) is 13.0. The highest BCUT2D eigenvalue weighted by Gasteiger charge is 2.35. The first-order valence-corrected chi connectivity index (χ1v) is 7.23. The van der Waals surface area contributed by atoms with Crippen LogP contribution in [0.25, 0.3) is 0 Å². The average molecular weight is 339 g/mol. The van der Waals surface area contributed by atoms with Gasteiger partial charge in [-0.15, -0.1) is 0 Å². The highest BCUT2D eigenvalue weighted by Crippen LogP contribution is 2.35. The Labute approximate surface area is 135 Å². The van der Waals surface area contributed by atoms with E-state index < -0.39 is 35.2 Å². The molecule has 5 nitrogen and oxygen atoms in total. The van der Waals surface area contributed by atoms with E-state index in [1.54, 1.807) is 13.8 Å². The van der Waals surface area contributed by atoms with Crippen LogP contribution in [0.2, 0.25) is 0 Å². The molecule has 1 amide bonds. The zero-order chi connectivity index (χ0) is 17.9. The molecule has 2 rings (SSSR count). The van der Waals surface area contributed by atoms with Crippen LogP contribution in [0.5, 0.6) is 0 Å². The fraction of sp³-hybridized carbons (Fsp3) is 0.312. The van der Waals surface area contributed by atoms with E-state index in [0.717, 1.165) is 12.1 Å². The molecule has 0 spiro atoms. The van der Waals surface area contributed by atoms with Gasteiger partial charge in [0.25, 0.3) is 11.5 Å². The predicted octanol–water partition coefficient (Wildman–Crippen LogP) is 2.71. The van der Waals surface area contributed by atoms with Crippen molar-refractivity contribution in [2.45, 2.75) is 32.0 Å². The normalized spacial score (nSPS) is 14.0. The highest BCUT2D eigenvalue weighted by molar-refractivity contribution is 5.92. The maximum Gasteiger partial charge on any atom is 0.416 e. The number of nitrogens with one attached hydrogen (secondary N) is 2. The van der Waals surface area contributed by atoms with Crippen molar-refractivity contribution in [1.82, 2.24) is 15.5 Å². The summed E-state index contributed by atoms with van der Waals surface area (Å²) in [6, 6.07) is 7.09. The fourth-order valence-electron chi connectivity index (χ4n) is 2.30. The maximum absolute atomic E-state index is 13.1. The van der Waals surface area contributed by atoms with Gasteiger partial charge >= 0.3 is 6.18 Å². The molecular weight excluding hydrogens is 323 g/mol. The summed E-state index contributed by atoms with van der Waals surface area (Å²) in [5, 5.41) is 8.32. The Morgan fingerprint density at radius 2 is 1.83 bits per heavy atom. The van der Waals surface area contributed by atoms with E-state index in [0.29, 0.717) is 0 Å². The van der Waals surface area contributed by atoms with E-state index in [1.165, 1.54) is 24.3 Å². The summed E-state index contributed by atoms with van der Waals surface area (Å²) in [5.74, 6) is -1.15. The van der Waals surface area contributed by atoms with Gasteiger partial charge in [-0.1, -0.05) is 25.1 Å². The number of carbonyl (C=O) groups excluding carboxylic acids is 1. The van der Waals surface area contributed by atoms with Gasteiger partial charge in [-0.2, -0.15) is 18.3 Å². The number of nitrogens with zero attached hydrogens (tertiary/aromatic N) is 1. The number of benzene rings is 1. The number of amides is 1. The molecule has 2 aromatic rings. The topological polar surface area (TPSA) is 74.8 Å². The quantitative estimate of drug-likeness (QED) is 0.899. The summed E-state index contributed by atoms with van der Waals surface area (Å²) in [4.78, 5) is 23.0. The van der Waals surface area contributed by atoms with Crippen LogP contribution in [0.3, 0.4) is 0 Å². The van der Waals surface area contributed by atoms with Crippen molar-refractivity contribution in [3.63, 3.8) is 0 Å². The SMILES string of the molecule is C[C@H](c1ccccc1C(F)(F)F)[C@@H](C)NC(=O)c1ccc(=O)[nH]n1. The second kappa shape index (κ2) is 6.86. The number of hydrogen-bond acceptors (Lipinski definition) is 3. The van der Waals surface area contributed by atoms with Crippen molar-refractivity contribution < 1.29 is 18.0 Å². The zero-order valence-corrected chi connectivity index (χ0v) is 13.0. The van der Waals surface area contributed by atoms with E-state index in [-0.39, 0.29) is 11.3 Å². The lowest BCUT2D eigenvalue weighted by Crippen LogP contribution is -2.37. The summed E-state index contributed by atoms with van der Waals surface area (Å²) >= 11 is 0. The van der Waals surface area contributed by atoms with Gasteiger partial charge in [0, 0.05) is 18.0 Å². The van der Waals surface area contributed by atoms with Crippen LogP contribution < -0.4 is 10.9 Å². The van der Waals surface area contributed by atoms with Crippen LogP contribution in [0, 0.1) is 0 Å². The van der Waals surface area contributed by atoms with Crippen molar-refractivity contribution in [2.75, 3.05) is 0 Å². The summed E-state index contributed by atoms with van der Waals surface area (Å²) < 4.78 is 39.3. The van der Waals surface area contributed by atoms with Gasteiger partial charge in [-0.3, -0.25) is 9.59 Å². The first kappa shape index (κ1) is 17.7. The third-order valence-corrected chi connectivity index (χ3v) is 3.78. The Hall–Kier alpha value is -2.64. The minimum Gasteiger partial charge on any atom is -0.348 e. The lowest BCUT2D eigenvalue weighted by Gasteiger charge is -2.24. The number of halogens is 3. The molecule has 1 aromatic heterocycles. The monoisotopic (exact) mass is 339 g/mol. The van der Waals surface area contributed by atoms with E-state index >= 15 is 0 Å². The Balaban J connectivity index is 2.18. The second-order valence-electron chi connectivity index (χ2n) is 5.44.